The molecule has 0 saturated heterocycles. The van der Waals surface area contributed by atoms with Gasteiger partial charge in [-0.05, 0) is 6.42 Å². The van der Waals surface area contributed by atoms with Crippen molar-refractivity contribution < 1.29 is 18.3 Å². The third kappa shape index (κ3) is 3.91. The summed E-state index contributed by atoms with van der Waals surface area (Å²) in [5.41, 5.74) is 0.209. The Kier molecular flexibility index (Phi) is 3.73. The first kappa shape index (κ1) is 12.0. The zero-order valence-corrected chi connectivity index (χ0v) is 8.33. The van der Waals surface area contributed by atoms with Crippen LogP contribution in [0.3, 0.4) is 0 Å². The second kappa shape index (κ2) is 4.65. The van der Waals surface area contributed by atoms with Crippen LogP contribution in [0.5, 0.6) is 0 Å². The van der Waals surface area contributed by atoms with Crippen LogP contribution in [0.4, 0.5) is 13.2 Å². The number of nitrogens with zero attached hydrogens (tertiary/aromatic N) is 2. The first-order valence-corrected chi connectivity index (χ1v) is 4.69. The number of alkyl halides is 3. The monoisotopic (exact) mass is 222 g/mol. The van der Waals surface area contributed by atoms with E-state index in [9.17, 15) is 18.3 Å². The van der Waals surface area contributed by atoms with Gasteiger partial charge in [0.15, 0.2) is 0 Å². The number of aromatic nitrogens is 2. The van der Waals surface area contributed by atoms with Crippen molar-refractivity contribution in [3.05, 3.63) is 18.0 Å². The van der Waals surface area contributed by atoms with Crippen molar-refractivity contribution in [3.63, 3.8) is 0 Å². The van der Waals surface area contributed by atoms with Crippen LogP contribution in [0.1, 0.15) is 31.4 Å². The average molecular weight is 222 g/mol. The first-order chi connectivity index (χ1) is 6.92. The molecule has 15 heavy (non-hydrogen) atoms. The third-order valence-corrected chi connectivity index (χ3v) is 1.92. The molecule has 6 heteroatoms. The van der Waals surface area contributed by atoms with Gasteiger partial charge in [-0.15, -0.1) is 0 Å². The van der Waals surface area contributed by atoms with Gasteiger partial charge >= 0.3 is 6.18 Å². The minimum absolute atomic E-state index is 0.209. The van der Waals surface area contributed by atoms with Gasteiger partial charge in [-0.1, -0.05) is 6.92 Å². The molecule has 0 aromatic carbocycles. The van der Waals surface area contributed by atoms with E-state index in [2.05, 4.69) is 5.10 Å². The molecule has 1 atom stereocenters. The molecule has 0 bridgehead atoms. The van der Waals surface area contributed by atoms with E-state index in [0.717, 1.165) is 6.42 Å². The van der Waals surface area contributed by atoms with Gasteiger partial charge in [-0.2, -0.15) is 18.3 Å². The Labute approximate surface area is 85.5 Å². The summed E-state index contributed by atoms with van der Waals surface area (Å²) >= 11 is 0. The maximum atomic E-state index is 12.0. The summed E-state index contributed by atoms with van der Waals surface area (Å²) in [6.07, 6.45) is -3.55. The molecule has 0 aliphatic carbocycles. The van der Waals surface area contributed by atoms with Gasteiger partial charge in [0, 0.05) is 18.3 Å². The molecule has 86 valence electrons. The zero-order chi connectivity index (χ0) is 11.5. The van der Waals surface area contributed by atoms with E-state index in [1.54, 1.807) is 0 Å². The molecule has 3 nitrogen and oxygen atoms in total. The topological polar surface area (TPSA) is 38.0 Å². The SMILES string of the molecule is CCCn1cc(C(O)CC(F)(F)F)cn1. The maximum absolute atomic E-state index is 12.0. The van der Waals surface area contributed by atoms with Crippen LogP contribution >= 0.6 is 0 Å². The van der Waals surface area contributed by atoms with E-state index in [1.807, 2.05) is 6.92 Å². The van der Waals surface area contributed by atoms with Crippen LogP contribution in [-0.4, -0.2) is 21.1 Å². The third-order valence-electron chi connectivity index (χ3n) is 1.92. The fraction of sp³-hybridized carbons (Fsp3) is 0.667. The largest absolute Gasteiger partial charge is 0.391 e. The predicted octanol–water partition coefficient (Wildman–Crippen LogP) is 2.28. The Bertz CT molecular complexity index is 309. The maximum Gasteiger partial charge on any atom is 0.391 e. The number of halogens is 3. The lowest BCUT2D eigenvalue weighted by Gasteiger charge is -2.10. The number of aliphatic hydroxyl groups is 1. The minimum atomic E-state index is -4.35. The van der Waals surface area contributed by atoms with Crippen LogP contribution in [0.25, 0.3) is 0 Å². The smallest absolute Gasteiger partial charge is 0.388 e. The summed E-state index contributed by atoms with van der Waals surface area (Å²) in [5.74, 6) is 0. The van der Waals surface area contributed by atoms with E-state index in [-0.39, 0.29) is 5.56 Å². The molecule has 0 spiro atoms. The highest BCUT2D eigenvalue weighted by molar-refractivity contribution is 5.08. The van der Waals surface area contributed by atoms with E-state index in [1.165, 1.54) is 17.1 Å². The molecule has 0 aliphatic heterocycles. The number of aryl methyl sites for hydroxylation is 1. The Morgan fingerprint density at radius 3 is 2.73 bits per heavy atom. The van der Waals surface area contributed by atoms with Gasteiger partial charge in [0.1, 0.15) is 0 Å². The molecule has 0 aliphatic rings. The van der Waals surface area contributed by atoms with Crippen molar-refractivity contribution in [2.75, 3.05) is 0 Å². The highest BCUT2D eigenvalue weighted by atomic mass is 19.4. The van der Waals surface area contributed by atoms with Crippen LogP contribution in [-0.2, 0) is 6.54 Å². The number of aliphatic hydroxyl groups excluding tert-OH is 1. The van der Waals surface area contributed by atoms with Gasteiger partial charge in [-0.3, -0.25) is 4.68 Å². The molecule has 1 N–H and O–H groups in total. The fourth-order valence-electron chi connectivity index (χ4n) is 1.24. The van der Waals surface area contributed by atoms with Gasteiger partial charge in [0.05, 0.1) is 18.7 Å². The average Bonchev–Trinajstić information content (AvgIpc) is 2.50. The lowest BCUT2D eigenvalue weighted by atomic mass is 10.1. The van der Waals surface area contributed by atoms with Crippen molar-refractivity contribution in [1.29, 1.82) is 0 Å². The summed E-state index contributed by atoms with van der Waals surface area (Å²) in [7, 11) is 0. The van der Waals surface area contributed by atoms with Crippen molar-refractivity contribution in [2.24, 2.45) is 0 Å². The summed E-state index contributed by atoms with van der Waals surface area (Å²) in [5, 5.41) is 13.1. The van der Waals surface area contributed by atoms with Crippen LogP contribution in [0.2, 0.25) is 0 Å². The van der Waals surface area contributed by atoms with Crippen molar-refractivity contribution >= 4 is 0 Å². The van der Waals surface area contributed by atoms with Gasteiger partial charge < -0.3 is 5.11 Å². The number of rotatable bonds is 4. The summed E-state index contributed by atoms with van der Waals surface area (Å²) in [6, 6.07) is 0. The Balaban J connectivity index is 2.61. The van der Waals surface area contributed by atoms with E-state index in [4.69, 9.17) is 0 Å². The second-order valence-corrected chi connectivity index (χ2v) is 3.37. The molecule has 0 amide bonds. The number of hydrogen-bond acceptors (Lipinski definition) is 2. The minimum Gasteiger partial charge on any atom is -0.388 e. The molecule has 0 fully saturated rings. The van der Waals surface area contributed by atoms with E-state index < -0.39 is 18.7 Å². The lowest BCUT2D eigenvalue weighted by Crippen LogP contribution is -2.13. The van der Waals surface area contributed by atoms with Crippen molar-refractivity contribution in [2.45, 2.75) is 38.6 Å². The van der Waals surface area contributed by atoms with Gasteiger partial charge in [-0.25, -0.2) is 0 Å². The van der Waals surface area contributed by atoms with Crippen LogP contribution < -0.4 is 0 Å². The molecule has 0 radical (unpaired) electrons. The Morgan fingerprint density at radius 2 is 2.20 bits per heavy atom. The summed E-state index contributed by atoms with van der Waals surface area (Å²) < 4.78 is 37.4. The summed E-state index contributed by atoms with van der Waals surface area (Å²) in [4.78, 5) is 0. The molecule has 1 rings (SSSR count). The molecular formula is C9H13F3N2O. The molecule has 1 heterocycles. The highest BCUT2D eigenvalue weighted by Gasteiger charge is 2.32. The standard InChI is InChI=1S/C9H13F3N2O/c1-2-3-14-6-7(5-13-14)8(15)4-9(10,11)12/h5-6,8,15H,2-4H2,1H3. The van der Waals surface area contributed by atoms with E-state index >= 15 is 0 Å². The molecule has 1 unspecified atom stereocenters. The Morgan fingerprint density at radius 1 is 1.53 bits per heavy atom. The van der Waals surface area contributed by atoms with Gasteiger partial charge in [0.2, 0.25) is 0 Å². The second-order valence-electron chi connectivity index (χ2n) is 3.37. The highest BCUT2D eigenvalue weighted by Crippen LogP contribution is 2.28. The summed E-state index contributed by atoms with van der Waals surface area (Å²) in [6.45, 7) is 2.58. The van der Waals surface area contributed by atoms with Crippen molar-refractivity contribution in [1.82, 2.24) is 9.78 Å². The number of hydrogen-bond donors (Lipinski definition) is 1. The van der Waals surface area contributed by atoms with Crippen LogP contribution in [0.15, 0.2) is 12.4 Å². The molecule has 1 aromatic rings. The zero-order valence-electron chi connectivity index (χ0n) is 8.33. The molecule has 1 aromatic heterocycles. The molecular weight excluding hydrogens is 209 g/mol. The predicted molar refractivity (Wildman–Crippen MR) is 48.1 cm³/mol. The fourth-order valence-corrected chi connectivity index (χ4v) is 1.24. The van der Waals surface area contributed by atoms with Gasteiger partial charge in [0.25, 0.3) is 0 Å². The Hall–Kier alpha value is -1.04. The van der Waals surface area contributed by atoms with Crippen LogP contribution in [0, 0.1) is 0 Å². The first-order valence-electron chi connectivity index (χ1n) is 4.69. The normalized spacial score (nSPS) is 14.2. The quantitative estimate of drug-likeness (QED) is 0.848. The molecule has 0 saturated carbocycles. The van der Waals surface area contributed by atoms with Crippen molar-refractivity contribution in [3.8, 4) is 0 Å². The van der Waals surface area contributed by atoms with E-state index in [0.29, 0.717) is 6.54 Å². The lowest BCUT2D eigenvalue weighted by molar-refractivity contribution is -0.154.